The Kier molecular flexibility index (Phi) is 3.02. The Morgan fingerprint density at radius 2 is 2.00 bits per heavy atom. The van der Waals surface area contributed by atoms with Crippen LogP contribution in [0.25, 0.3) is 10.8 Å². The van der Waals surface area contributed by atoms with Gasteiger partial charge < -0.3 is 9.67 Å². The first-order chi connectivity index (χ1) is 10.1. The first-order valence-corrected chi connectivity index (χ1v) is 6.27. The van der Waals surface area contributed by atoms with Crippen molar-refractivity contribution in [1.29, 1.82) is 0 Å². The molecular formula is C14H12N4O3. The highest BCUT2D eigenvalue weighted by molar-refractivity contribution is 6.01. The second-order valence-electron chi connectivity index (χ2n) is 4.62. The number of aromatic carboxylic acids is 1. The van der Waals surface area contributed by atoms with Crippen LogP contribution in [0.5, 0.6) is 0 Å². The van der Waals surface area contributed by atoms with Crippen molar-refractivity contribution in [2.75, 3.05) is 0 Å². The van der Waals surface area contributed by atoms with E-state index in [1.165, 1.54) is 0 Å². The van der Waals surface area contributed by atoms with Crippen molar-refractivity contribution >= 4 is 16.7 Å². The summed E-state index contributed by atoms with van der Waals surface area (Å²) >= 11 is 0. The number of benzene rings is 1. The molecule has 3 rings (SSSR count). The second kappa shape index (κ2) is 4.86. The molecule has 0 aliphatic carbocycles. The van der Waals surface area contributed by atoms with Crippen LogP contribution >= 0.6 is 0 Å². The number of carboxylic acid groups (broad SMARTS) is 1. The molecule has 1 aromatic carbocycles. The summed E-state index contributed by atoms with van der Waals surface area (Å²) in [6.45, 7) is 0.118. The molecule has 0 saturated heterocycles. The molecule has 1 N–H and O–H groups in total. The van der Waals surface area contributed by atoms with E-state index in [2.05, 4.69) is 10.1 Å². The van der Waals surface area contributed by atoms with Crippen molar-refractivity contribution in [3.05, 3.63) is 58.5 Å². The largest absolute Gasteiger partial charge is 0.476 e. The number of nitrogens with zero attached hydrogens (tertiary/aromatic N) is 4. The Hall–Kier alpha value is -2.96. The van der Waals surface area contributed by atoms with Crippen molar-refractivity contribution in [3.63, 3.8) is 0 Å². The van der Waals surface area contributed by atoms with Crippen LogP contribution in [0.3, 0.4) is 0 Å². The summed E-state index contributed by atoms with van der Waals surface area (Å²) in [5.74, 6) is -0.545. The highest BCUT2D eigenvalue weighted by Crippen LogP contribution is 2.13. The molecule has 0 aliphatic heterocycles. The maximum Gasteiger partial charge on any atom is 0.357 e. The zero-order valence-electron chi connectivity index (χ0n) is 11.2. The Morgan fingerprint density at radius 1 is 1.29 bits per heavy atom. The predicted octanol–water partition coefficient (Wildman–Crippen LogP) is 0.876. The third-order valence-electron chi connectivity index (χ3n) is 3.28. The quantitative estimate of drug-likeness (QED) is 0.771. The van der Waals surface area contributed by atoms with E-state index in [-0.39, 0.29) is 17.8 Å². The average molecular weight is 284 g/mol. The number of carboxylic acids is 1. The van der Waals surface area contributed by atoms with Gasteiger partial charge >= 0.3 is 5.97 Å². The summed E-state index contributed by atoms with van der Waals surface area (Å²) in [6.07, 6.45) is 3.36. The van der Waals surface area contributed by atoms with Gasteiger partial charge in [-0.1, -0.05) is 18.2 Å². The second-order valence-corrected chi connectivity index (χ2v) is 4.62. The molecule has 0 spiro atoms. The molecule has 7 heteroatoms. The maximum absolute atomic E-state index is 12.4. The Morgan fingerprint density at radius 3 is 2.62 bits per heavy atom. The van der Waals surface area contributed by atoms with Gasteiger partial charge in [0.1, 0.15) is 12.4 Å². The lowest BCUT2D eigenvalue weighted by Crippen LogP contribution is -2.27. The SMILES string of the molecule is Cn1ccnc1Cn1nc(C(=O)O)c2ccccc2c1=O. The summed E-state index contributed by atoms with van der Waals surface area (Å²) < 4.78 is 2.89. The number of carbonyl (C=O) groups is 1. The molecule has 0 aliphatic rings. The number of rotatable bonds is 3. The molecule has 0 amide bonds. The molecule has 21 heavy (non-hydrogen) atoms. The van der Waals surface area contributed by atoms with E-state index in [1.54, 1.807) is 48.3 Å². The number of aryl methyl sites for hydroxylation is 1. The van der Waals surface area contributed by atoms with Crippen molar-refractivity contribution in [2.24, 2.45) is 7.05 Å². The van der Waals surface area contributed by atoms with Crippen LogP contribution < -0.4 is 5.56 Å². The Balaban J connectivity index is 2.24. The first-order valence-electron chi connectivity index (χ1n) is 6.27. The molecule has 3 aromatic rings. The van der Waals surface area contributed by atoms with Gasteiger partial charge in [-0.25, -0.2) is 14.5 Å². The molecule has 0 saturated carbocycles. The normalized spacial score (nSPS) is 10.9. The minimum Gasteiger partial charge on any atom is -0.476 e. The van der Waals surface area contributed by atoms with Crippen molar-refractivity contribution in [3.8, 4) is 0 Å². The smallest absolute Gasteiger partial charge is 0.357 e. The lowest BCUT2D eigenvalue weighted by Gasteiger charge is -2.08. The predicted molar refractivity (Wildman–Crippen MR) is 75.3 cm³/mol. The lowest BCUT2D eigenvalue weighted by molar-refractivity contribution is 0.0690. The average Bonchev–Trinajstić information content (AvgIpc) is 2.87. The molecule has 2 aromatic heterocycles. The van der Waals surface area contributed by atoms with Gasteiger partial charge in [-0.15, -0.1) is 0 Å². The number of fused-ring (bicyclic) bond motifs is 1. The monoisotopic (exact) mass is 284 g/mol. The zero-order valence-corrected chi connectivity index (χ0v) is 11.2. The van der Waals surface area contributed by atoms with E-state index < -0.39 is 5.97 Å². The van der Waals surface area contributed by atoms with E-state index in [1.807, 2.05) is 0 Å². The van der Waals surface area contributed by atoms with Gasteiger partial charge in [-0.2, -0.15) is 5.10 Å². The van der Waals surface area contributed by atoms with E-state index in [0.717, 1.165) is 4.68 Å². The minimum atomic E-state index is -1.17. The Bertz CT molecular complexity index is 895. The summed E-state index contributed by atoms with van der Waals surface area (Å²) in [6, 6.07) is 6.55. The van der Waals surface area contributed by atoms with Crippen LogP contribution in [0.1, 0.15) is 16.3 Å². The summed E-state index contributed by atoms with van der Waals surface area (Å²) in [5.41, 5.74) is -0.474. The molecule has 0 bridgehead atoms. The van der Waals surface area contributed by atoms with E-state index in [0.29, 0.717) is 16.6 Å². The van der Waals surface area contributed by atoms with Crippen molar-refractivity contribution < 1.29 is 9.90 Å². The molecule has 0 atom stereocenters. The number of imidazole rings is 1. The zero-order chi connectivity index (χ0) is 15.0. The van der Waals surface area contributed by atoms with Crippen LogP contribution in [0, 0.1) is 0 Å². The highest BCUT2D eigenvalue weighted by Gasteiger charge is 2.16. The summed E-state index contributed by atoms with van der Waals surface area (Å²) in [7, 11) is 1.80. The van der Waals surface area contributed by atoms with E-state index in [9.17, 15) is 14.7 Å². The van der Waals surface area contributed by atoms with Gasteiger partial charge in [-0.05, 0) is 6.07 Å². The summed E-state index contributed by atoms with van der Waals surface area (Å²) in [4.78, 5) is 27.9. The van der Waals surface area contributed by atoms with Gasteiger partial charge in [0.2, 0.25) is 0 Å². The fourth-order valence-electron chi connectivity index (χ4n) is 2.18. The van der Waals surface area contributed by atoms with Gasteiger partial charge in [-0.3, -0.25) is 4.79 Å². The van der Waals surface area contributed by atoms with Gasteiger partial charge in [0.15, 0.2) is 5.69 Å². The fourth-order valence-corrected chi connectivity index (χ4v) is 2.18. The molecule has 0 fully saturated rings. The van der Waals surface area contributed by atoms with Gasteiger partial charge in [0.05, 0.1) is 5.39 Å². The highest BCUT2D eigenvalue weighted by atomic mass is 16.4. The van der Waals surface area contributed by atoms with E-state index in [4.69, 9.17) is 0 Å². The van der Waals surface area contributed by atoms with Crippen molar-refractivity contribution in [2.45, 2.75) is 6.54 Å². The fraction of sp³-hybridized carbons (Fsp3) is 0.143. The molecule has 2 heterocycles. The summed E-state index contributed by atoms with van der Waals surface area (Å²) in [5, 5.41) is 13.9. The molecule has 7 nitrogen and oxygen atoms in total. The number of aromatic nitrogens is 4. The Labute approximate surface area is 119 Å². The number of hydrogen-bond acceptors (Lipinski definition) is 4. The molecular weight excluding hydrogens is 272 g/mol. The van der Waals surface area contributed by atoms with Crippen LogP contribution in [-0.2, 0) is 13.6 Å². The van der Waals surface area contributed by atoms with Gasteiger partial charge in [0.25, 0.3) is 5.56 Å². The van der Waals surface area contributed by atoms with Crippen LogP contribution in [0.4, 0.5) is 0 Å². The standard InChI is InChI=1S/C14H12N4O3/c1-17-7-6-15-11(17)8-18-13(19)10-5-3-2-4-9(10)12(16-18)14(20)21/h2-7H,8H2,1H3,(H,20,21). The van der Waals surface area contributed by atoms with Gasteiger partial charge in [0, 0.05) is 24.8 Å². The molecule has 0 radical (unpaired) electrons. The van der Waals surface area contributed by atoms with E-state index >= 15 is 0 Å². The third-order valence-corrected chi connectivity index (χ3v) is 3.28. The first kappa shape index (κ1) is 13.0. The topological polar surface area (TPSA) is 90.0 Å². The maximum atomic E-state index is 12.4. The van der Waals surface area contributed by atoms with Crippen molar-refractivity contribution in [1.82, 2.24) is 19.3 Å². The lowest BCUT2D eigenvalue weighted by atomic mass is 10.1. The van der Waals surface area contributed by atoms with Crippen LogP contribution in [-0.4, -0.2) is 30.4 Å². The van der Waals surface area contributed by atoms with Crippen LogP contribution in [0.2, 0.25) is 0 Å². The number of hydrogen-bond donors (Lipinski definition) is 1. The van der Waals surface area contributed by atoms with Crippen LogP contribution in [0.15, 0.2) is 41.5 Å². The minimum absolute atomic E-state index is 0.118. The molecule has 0 unspecified atom stereocenters. The third kappa shape index (κ3) is 2.18. The molecule has 106 valence electrons.